The van der Waals surface area contributed by atoms with Crippen molar-refractivity contribution in [1.29, 1.82) is 0 Å². The lowest BCUT2D eigenvalue weighted by Crippen LogP contribution is -2.18. The summed E-state index contributed by atoms with van der Waals surface area (Å²) in [5.74, 6) is 0.316. The minimum absolute atomic E-state index is 0.137. The van der Waals surface area contributed by atoms with Gasteiger partial charge in [-0.1, -0.05) is 48.0 Å². The molecule has 0 heterocycles. The van der Waals surface area contributed by atoms with Crippen LogP contribution in [0.3, 0.4) is 0 Å². The van der Waals surface area contributed by atoms with Crippen molar-refractivity contribution in [3.8, 4) is 5.75 Å². The van der Waals surface area contributed by atoms with Crippen LogP contribution in [0.15, 0.2) is 48.5 Å². The summed E-state index contributed by atoms with van der Waals surface area (Å²) in [7, 11) is 0. The Morgan fingerprint density at radius 2 is 1.78 bits per heavy atom. The molecule has 0 saturated heterocycles. The van der Waals surface area contributed by atoms with Crippen molar-refractivity contribution >= 4 is 11.6 Å². The van der Waals surface area contributed by atoms with Gasteiger partial charge in [-0.25, -0.2) is 0 Å². The third-order valence-electron chi connectivity index (χ3n) is 2.96. The SMILES string of the molecule is C[C@@H](NCc1ccccc1O)c1ccccc1Cl. The number of halogens is 1. The molecule has 2 nitrogen and oxygen atoms in total. The van der Waals surface area contributed by atoms with Crippen LogP contribution in [0.2, 0.25) is 5.02 Å². The lowest BCUT2D eigenvalue weighted by molar-refractivity contribution is 0.460. The zero-order valence-electron chi connectivity index (χ0n) is 10.2. The molecule has 0 bridgehead atoms. The van der Waals surface area contributed by atoms with Crippen LogP contribution in [0.5, 0.6) is 5.75 Å². The summed E-state index contributed by atoms with van der Waals surface area (Å²) >= 11 is 6.14. The minimum Gasteiger partial charge on any atom is -0.508 e. The molecule has 0 spiro atoms. The van der Waals surface area contributed by atoms with E-state index in [-0.39, 0.29) is 6.04 Å². The Bertz CT molecular complexity index is 527. The second-order valence-corrected chi connectivity index (χ2v) is 4.66. The topological polar surface area (TPSA) is 32.3 Å². The van der Waals surface area contributed by atoms with E-state index in [4.69, 9.17) is 11.6 Å². The number of phenols is 1. The molecular weight excluding hydrogens is 246 g/mol. The summed E-state index contributed by atoms with van der Waals surface area (Å²) in [5, 5.41) is 13.8. The second-order valence-electron chi connectivity index (χ2n) is 4.25. The molecule has 2 aromatic rings. The van der Waals surface area contributed by atoms with E-state index < -0.39 is 0 Å². The van der Waals surface area contributed by atoms with Gasteiger partial charge in [-0.3, -0.25) is 0 Å². The Morgan fingerprint density at radius 3 is 2.50 bits per heavy atom. The number of hydrogen-bond acceptors (Lipinski definition) is 2. The van der Waals surface area contributed by atoms with E-state index in [0.717, 1.165) is 16.1 Å². The molecule has 2 rings (SSSR count). The number of hydrogen-bond donors (Lipinski definition) is 2. The molecule has 2 N–H and O–H groups in total. The van der Waals surface area contributed by atoms with Crippen LogP contribution in [0.1, 0.15) is 24.1 Å². The number of rotatable bonds is 4. The molecule has 0 saturated carbocycles. The van der Waals surface area contributed by atoms with Crippen molar-refractivity contribution in [2.24, 2.45) is 0 Å². The molecule has 0 aliphatic carbocycles. The van der Waals surface area contributed by atoms with Crippen LogP contribution in [-0.2, 0) is 6.54 Å². The molecule has 2 aromatic carbocycles. The Hall–Kier alpha value is -1.51. The fourth-order valence-corrected chi connectivity index (χ4v) is 2.16. The lowest BCUT2D eigenvalue weighted by Gasteiger charge is -2.16. The van der Waals surface area contributed by atoms with Gasteiger partial charge in [0.1, 0.15) is 5.75 Å². The predicted octanol–water partition coefficient (Wildman–Crippen LogP) is 3.90. The molecule has 18 heavy (non-hydrogen) atoms. The standard InChI is InChI=1S/C15H16ClNO/c1-11(13-7-3-4-8-14(13)16)17-10-12-6-2-5-9-15(12)18/h2-9,11,17-18H,10H2,1H3/t11-/m1/s1. The largest absolute Gasteiger partial charge is 0.508 e. The first-order valence-electron chi connectivity index (χ1n) is 5.93. The van der Waals surface area contributed by atoms with Gasteiger partial charge in [0.2, 0.25) is 0 Å². The summed E-state index contributed by atoms with van der Waals surface area (Å²) in [4.78, 5) is 0. The monoisotopic (exact) mass is 261 g/mol. The van der Waals surface area contributed by atoms with E-state index >= 15 is 0 Å². The molecule has 0 unspecified atom stereocenters. The van der Waals surface area contributed by atoms with Gasteiger partial charge in [0.05, 0.1) is 0 Å². The van der Waals surface area contributed by atoms with Crippen molar-refractivity contribution in [1.82, 2.24) is 5.32 Å². The van der Waals surface area contributed by atoms with E-state index in [9.17, 15) is 5.11 Å². The molecular formula is C15H16ClNO. The average Bonchev–Trinajstić information content (AvgIpc) is 2.38. The first-order valence-corrected chi connectivity index (χ1v) is 6.31. The maximum Gasteiger partial charge on any atom is 0.120 e. The fraction of sp³-hybridized carbons (Fsp3) is 0.200. The Balaban J connectivity index is 2.03. The van der Waals surface area contributed by atoms with E-state index in [2.05, 4.69) is 12.2 Å². The van der Waals surface area contributed by atoms with Crippen molar-refractivity contribution in [3.63, 3.8) is 0 Å². The van der Waals surface area contributed by atoms with E-state index in [1.807, 2.05) is 42.5 Å². The Labute approximate surface area is 112 Å². The number of para-hydroxylation sites is 1. The smallest absolute Gasteiger partial charge is 0.120 e. The van der Waals surface area contributed by atoms with Gasteiger partial charge in [-0.15, -0.1) is 0 Å². The van der Waals surface area contributed by atoms with Crippen LogP contribution in [0.25, 0.3) is 0 Å². The molecule has 0 aromatic heterocycles. The van der Waals surface area contributed by atoms with Gasteiger partial charge in [0, 0.05) is 23.2 Å². The predicted molar refractivity (Wildman–Crippen MR) is 74.8 cm³/mol. The fourth-order valence-electron chi connectivity index (χ4n) is 1.86. The molecule has 3 heteroatoms. The van der Waals surface area contributed by atoms with Crippen LogP contribution in [0, 0.1) is 0 Å². The third kappa shape index (κ3) is 3.03. The molecule has 0 radical (unpaired) electrons. The number of nitrogens with one attached hydrogen (secondary N) is 1. The summed E-state index contributed by atoms with van der Waals surface area (Å²) in [6.07, 6.45) is 0. The van der Waals surface area contributed by atoms with Gasteiger partial charge < -0.3 is 10.4 Å². The average molecular weight is 262 g/mol. The van der Waals surface area contributed by atoms with Gasteiger partial charge in [-0.05, 0) is 24.6 Å². The summed E-state index contributed by atoms with van der Waals surface area (Å²) in [5.41, 5.74) is 1.95. The number of benzene rings is 2. The second kappa shape index (κ2) is 5.89. The molecule has 0 aliphatic rings. The quantitative estimate of drug-likeness (QED) is 0.875. The van der Waals surface area contributed by atoms with Crippen LogP contribution in [-0.4, -0.2) is 5.11 Å². The van der Waals surface area contributed by atoms with Gasteiger partial charge in [0.25, 0.3) is 0 Å². The molecule has 1 atom stereocenters. The van der Waals surface area contributed by atoms with Gasteiger partial charge in [0.15, 0.2) is 0 Å². The van der Waals surface area contributed by atoms with Crippen LogP contribution >= 0.6 is 11.6 Å². The van der Waals surface area contributed by atoms with E-state index in [1.165, 1.54) is 0 Å². The van der Waals surface area contributed by atoms with Crippen LogP contribution < -0.4 is 5.32 Å². The minimum atomic E-state index is 0.137. The summed E-state index contributed by atoms with van der Waals surface area (Å²) in [6.45, 7) is 2.67. The normalized spacial score (nSPS) is 12.3. The molecule has 0 amide bonds. The Morgan fingerprint density at radius 1 is 1.11 bits per heavy atom. The molecule has 94 valence electrons. The van der Waals surface area contributed by atoms with Crippen molar-refractivity contribution < 1.29 is 5.11 Å². The zero-order chi connectivity index (χ0) is 13.0. The Kier molecular flexibility index (Phi) is 4.24. The summed E-state index contributed by atoms with van der Waals surface area (Å²) < 4.78 is 0. The zero-order valence-corrected chi connectivity index (χ0v) is 11.0. The van der Waals surface area contributed by atoms with Gasteiger partial charge >= 0.3 is 0 Å². The van der Waals surface area contributed by atoms with E-state index in [0.29, 0.717) is 12.3 Å². The lowest BCUT2D eigenvalue weighted by atomic mass is 10.1. The van der Waals surface area contributed by atoms with E-state index in [1.54, 1.807) is 6.07 Å². The first kappa shape index (κ1) is 12.9. The number of phenolic OH excluding ortho intramolecular Hbond substituents is 1. The molecule has 0 fully saturated rings. The maximum absolute atomic E-state index is 9.68. The number of aromatic hydroxyl groups is 1. The first-order chi connectivity index (χ1) is 8.68. The van der Waals surface area contributed by atoms with Gasteiger partial charge in [-0.2, -0.15) is 0 Å². The van der Waals surface area contributed by atoms with Crippen molar-refractivity contribution in [3.05, 3.63) is 64.7 Å². The molecule has 0 aliphatic heterocycles. The summed E-state index contributed by atoms with van der Waals surface area (Å²) in [6, 6.07) is 15.2. The maximum atomic E-state index is 9.68. The highest BCUT2D eigenvalue weighted by Gasteiger charge is 2.09. The van der Waals surface area contributed by atoms with Crippen molar-refractivity contribution in [2.75, 3.05) is 0 Å². The highest BCUT2D eigenvalue weighted by Crippen LogP contribution is 2.23. The third-order valence-corrected chi connectivity index (χ3v) is 3.31. The van der Waals surface area contributed by atoms with Crippen molar-refractivity contribution in [2.45, 2.75) is 19.5 Å². The highest BCUT2D eigenvalue weighted by atomic mass is 35.5. The van der Waals surface area contributed by atoms with Crippen LogP contribution in [0.4, 0.5) is 0 Å². The highest BCUT2D eigenvalue weighted by molar-refractivity contribution is 6.31.